The van der Waals surface area contributed by atoms with Crippen LogP contribution in [0.25, 0.3) is 0 Å². The summed E-state index contributed by atoms with van der Waals surface area (Å²) in [7, 11) is 0. The molecule has 160 valence electrons. The average molecular weight is 405 g/mol. The fourth-order valence-electron chi connectivity index (χ4n) is 2.85. The van der Waals surface area contributed by atoms with Gasteiger partial charge in [-0.2, -0.15) is 0 Å². The SMILES string of the molecule is CC(C)(C)OC(=O)NCCCC(=O)N1CCN(C(=O)OCc2ccccc2)CC1. The zero-order chi connectivity index (χ0) is 21.3. The number of piperazine rings is 1. The molecule has 1 fully saturated rings. The van der Waals surface area contributed by atoms with Gasteiger partial charge in [0.05, 0.1) is 0 Å². The predicted octanol–water partition coefficient (Wildman–Crippen LogP) is 2.77. The van der Waals surface area contributed by atoms with Gasteiger partial charge in [-0.3, -0.25) is 4.79 Å². The van der Waals surface area contributed by atoms with Gasteiger partial charge in [0.1, 0.15) is 12.2 Å². The normalized spacial score (nSPS) is 14.3. The Morgan fingerprint density at radius 3 is 2.24 bits per heavy atom. The summed E-state index contributed by atoms with van der Waals surface area (Å²) < 4.78 is 10.5. The number of benzene rings is 1. The van der Waals surface area contributed by atoms with Crippen molar-refractivity contribution in [3.05, 3.63) is 35.9 Å². The van der Waals surface area contributed by atoms with E-state index in [0.717, 1.165) is 5.56 Å². The van der Waals surface area contributed by atoms with Crippen molar-refractivity contribution in [1.29, 1.82) is 0 Å². The van der Waals surface area contributed by atoms with Crippen molar-refractivity contribution in [2.24, 2.45) is 0 Å². The van der Waals surface area contributed by atoms with Gasteiger partial charge in [0.2, 0.25) is 5.91 Å². The maximum atomic E-state index is 12.3. The first-order valence-electron chi connectivity index (χ1n) is 9.95. The Hall–Kier alpha value is -2.77. The topological polar surface area (TPSA) is 88.2 Å². The second-order valence-corrected chi connectivity index (χ2v) is 7.94. The Kier molecular flexibility index (Phi) is 8.30. The first-order chi connectivity index (χ1) is 13.7. The molecular formula is C21H31N3O5. The number of alkyl carbamates (subject to hydrolysis) is 1. The summed E-state index contributed by atoms with van der Waals surface area (Å²) in [6.45, 7) is 7.89. The molecule has 0 bridgehead atoms. The maximum absolute atomic E-state index is 12.3. The summed E-state index contributed by atoms with van der Waals surface area (Å²) >= 11 is 0. The molecule has 3 amide bonds. The number of amides is 3. The van der Waals surface area contributed by atoms with Crippen molar-refractivity contribution in [1.82, 2.24) is 15.1 Å². The van der Waals surface area contributed by atoms with E-state index in [1.54, 1.807) is 30.6 Å². The van der Waals surface area contributed by atoms with Crippen molar-refractivity contribution in [2.45, 2.75) is 45.8 Å². The quantitative estimate of drug-likeness (QED) is 0.735. The molecule has 1 aromatic rings. The molecule has 0 atom stereocenters. The number of ether oxygens (including phenoxy) is 2. The highest BCUT2D eigenvalue weighted by Crippen LogP contribution is 2.09. The Balaban J connectivity index is 1.61. The van der Waals surface area contributed by atoms with E-state index < -0.39 is 11.7 Å². The summed E-state index contributed by atoms with van der Waals surface area (Å²) in [5.41, 5.74) is 0.400. The molecule has 0 saturated carbocycles. The van der Waals surface area contributed by atoms with E-state index in [9.17, 15) is 14.4 Å². The average Bonchev–Trinajstić information content (AvgIpc) is 2.69. The van der Waals surface area contributed by atoms with Crippen LogP contribution in [0.5, 0.6) is 0 Å². The van der Waals surface area contributed by atoms with Gasteiger partial charge in [0, 0.05) is 39.1 Å². The van der Waals surface area contributed by atoms with Crippen LogP contribution in [0.15, 0.2) is 30.3 Å². The van der Waals surface area contributed by atoms with Crippen LogP contribution >= 0.6 is 0 Å². The van der Waals surface area contributed by atoms with E-state index in [0.29, 0.717) is 45.6 Å². The van der Waals surface area contributed by atoms with E-state index in [1.807, 2.05) is 30.3 Å². The Labute approximate surface area is 172 Å². The summed E-state index contributed by atoms with van der Waals surface area (Å²) in [4.78, 5) is 39.4. The molecule has 0 radical (unpaired) electrons. The van der Waals surface area contributed by atoms with E-state index >= 15 is 0 Å². The fraction of sp³-hybridized carbons (Fsp3) is 0.571. The number of nitrogens with zero attached hydrogens (tertiary/aromatic N) is 2. The Morgan fingerprint density at radius 2 is 1.62 bits per heavy atom. The maximum Gasteiger partial charge on any atom is 0.410 e. The molecule has 1 aliphatic rings. The Bertz CT molecular complexity index is 679. The molecule has 8 heteroatoms. The van der Waals surface area contributed by atoms with Gasteiger partial charge < -0.3 is 24.6 Å². The minimum absolute atomic E-state index is 0.0216. The summed E-state index contributed by atoms with van der Waals surface area (Å²) in [6, 6.07) is 9.52. The molecule has 29 heavy (non-hydrogen) atoms. The van der Waals surface area contributed by atoms with E-state index in [-0.39, 0.29) is 18.6 Å². The lowest BCUT2D eigenvalue weighted by Gasteiger charge is -2.34. The minimum Gasteiger partial charge on any atom is -0.445 e. The van der Waals surface area contributed by atoms with E-state index in [2.05, 4.69) is 5.32 Å². The van der Waals surface area contributed by atoms with Crippen LogP contribution in [-0.4, -0.2) is 66.2 Å². The summed E-state index contributed by atoms with van der Waals surface area (Å²) in [5.74, 6) is 0.0216. The summed E-state index contributed by atoms with van der Waals surface area (Å²) in [5, 5.41) is 2.65. The van der Waals surface area contributed by atoms with Crippen molar-refractivity contribution >= 4 is 18.1 Å². The van der Waals surface area contributed by atoms with Crippen LogP contribution in [0.1, 0.15) is 39.2 Å². The fourth-order valence-corrected chi connectivity index (χ4v) is 2.85. The second kappa shape index (κ2) is 10.7. The van der Waals surface area contributed by atoms with Gasteiger partial charge in [-0.15, -0.1) is 0 Å². The lowest BCUT2D eigenvalue weighted by molar-refractivity contribution is -0.132. The van der Waals surface area contributed by atoms with Crippen LogP contribution in [0.2, 0.25) is 0 Å². The van der Waals surface area contributed by atoms with Crippen LogP contribution < -0.4 is 5.32 Å². The molecule has 0 spiro atoms. The van der Waals surface area contributed by atoms with E-state index in [4.69, 9.17) is 9.47 Å². The third-order valence-corrected chi connectivity index (χ3v) is 4.33. The molecule has 0 aliphatic carbocycles. The highest BCUT2D eigenvalue weighted by molar-refractivity contribution is 5.77. The van der Waals surface area contributed by atoms with Gasteiger partial charge in [0.15, 0.2) is 0 Å². The van der Waals surface area contributed by atoms with Gasteiger partial charge in [-0.05, 0) is 32.8 Å². The number of rotatable bonds is 6. The molecule has 1 aliphatic heterocycles. The first-order valence-corrected chi connectivity index (χ1v) is 9.95. The lowest BCUT2D eigenvalue weighted by Crippen LogP contribution is -2.50. The van der Waals surface area contributed by atoms with Crippen LogP contribution in [0.4, 0.5) is 9.59 Å². The number of hydrogen-bond acceptors (Lipinski definition) is 5. The number of nitrogens with one attached hydrogen (secondary N) is 1. The largest absolute Gasteiger partial charge is 0.445 e. The lowest BCUT2D eigenvalue weighted by atomic mass is 10.2. The summed E-state index contributed by atoms with van der Waals surface area (Å²) in [6.07, 6.45) is 0.0427. The predicted molar refractivity (Wildman–Crippen MR) is 108 cm³/mol. The molecule has 2 rings (SSSR count). The highest BCUT2D eigenvalue weighted by atomic mass is 16.6. The smallest absolute Gasteiger partial charge is 0.410 e. The third kappa shape index (κ3) is 8.41. The molecule has 1 heterocycles. The number of hydrogen-bond donors (Lipinski definition) is 1. The van der Waals surface area contributed by atoms with Crippen molar-refractivity contribution in [2.75, 3.05) is 32.7 Å². The number of carbonyl (C=O) groups excluding carboxylic acids is 3. The monoisotopic (exact) mass is 405 g/mol. The Morgan fingerprint density at radius 1 is 1.00 bits per heavy atom. The number of carbonyl (C=O) groups is 3. The zero-order valence-electron chi connectivity index (χ0n) is 17.5. The van der Waals surface area contributed by atoms with Gasteiger partial charge in [-0.1, -0.05) is 30.3 Å². The van der Waals surface area contributed by atoms with Crippen LogP contribution in [0.3, 0.4) is 0 Å². The molecule has 0 aromatic heterocycles. The van der Waals surface area contributed by atoms with Crippen molar-refractivity contribution < 1.29 is 23.9 Å². The zero-order valence-corrected chi connectivity index (χ0v) is 17.5. The van der Waals surface area contributed by atoms with Crippen molar-refractivity contribution in [3.63, 3.8) is 0 Å². The second-order valence-electron chi connectivity index (χ2n) is 7.94. The molecule has 1 aromatic carbocycles. The molecule has 0 unspecified atom stereocenters. The molecule has 1 saturated heterocycles. The van der Waals surface area contributed by atoms with Gasteiger partial charge in [0.25, 0.3) is 0 Å². The minimum atomic E-state index is -0.540. The van der Waals surface area contributed by atoms with Crippen LogP contribution in [-0.2, 0) is 20.9 Å². The van der Waals surface area contributed by atoms with Crippen LogP contribution in [0, 0.1) is 0 Å². The third-order valence-electron chi connectivity index (χ3n) is 4.33. The highest BCUT2D eigenvalue weighted by Gasteiger charge is 2.24. The standard InChI is InChI=1S/C21H31N3O5/c1-21(2,3)29-19(26)22-11-7-10-18(25)23-12-14-24(15-13-23)20(27)28-16-17-8-5-4-6-9-17/h4-6,8-9H,7,10-16H2,1-3H3,(H,22,26). The molecule has 8 nitrogen and oxygen atoms in total. The molecular weight excluding hydrogens is 374 g/mol. The van der Waals surface area contributed by atoms with Crippen molar-refractivity contribution in [3.8, 4) is 0 Å². The first kappa shape index (κ1) is 22.5. The molecule has 1 N–H and O–H groups in total. The van der Waals surface area contributed by atoms with Gasteiger partial charge in [-0.25, -0.2) is 9.59 Å². The van der Waals surface area contributed by atoms with Gasteiger partial charge >= 0.3 is 12.2 Å². The van der Waals surface area contributed by atoms with E-state index in [1.165, 1.54) is 0 Å².